The Bertz CT molecular complexity index is 557. The van der Waals surface area contributed by atoms with Gasteiger partial charge in [0.25, 0.3) is 0 Å². The van der Waals surface area contributed by atoms with Gasteiger partial charge in [0.05, 0.1) is 5.56 Å². The number of alkyl halides is 3. The van der Waals surface area contributed by atoms with Gasteiger partial charge >= 0.3 is 6.18 Å². The predicted molar refractivity (Wildman–Crippen MR) is 99.5 cm³/mol. The van der Waals surface area contributed by atoms with Crippen LogP contribution in [-0.2, 0) is 17.4 Å². The summed E-state index contributed by atoms with van der Waals surface area (Å²) < 4.78 is 37.9. The normalized spacial score (nSPS) is 16.7. The zero-order valence-electron chi connectivity index (χ0n) is 15.3. The first-order chi connectivity index (χ1) is 11.8. The summed E-state index contributed by atoms with van der Waals surface area (Å²) in [5.41, 5.74) is 0.105. The van der Waals surface area contributed by atoms with E-state index in [9.17, 15) is 18.0 Å². The molecule has 1 saturated heterocycles. The molecule has 1 fully saturated rings. The minimum atomic E-state index is -4.33. The molecule has 1 aliphatic rings. The molecule has 1 aromatic carbocycles. The zero-order chi connectivity index (χ0) is 18.4. The Morgan fingerprint density at radius 1 is 1.23 bits per heavy atom. The third-order valence-corrected chi connectivity index (χ3v) is 4.74. The Balaban J connectivity index is 0.00000338. The van der Waals surface area contributed by atoms with Crippen molar-refractivity contribution in [3.8, 4) is 0 Å². The van der Waals surface area contributed by atoms with Gasteiger partial charge in [0, 0.05) is 18.5 Å². The molecule has 1 atom stereocenters. The smallest absolute Gasteiger partial charge is 0.339 e. The highest BCUT2D eigenvalue weighted by molar-refractivity contribution is 5.85. The quantitative estimate of drug-likeness (QED) is 0.783. The molecular formula is C19H28ClF3N2O. The van der Waals surface area contributed by atoms with Crippen molar-refractivity contribution in [2.45, 2.75) is 51.7 Å². The van der Waals surface area contributed by atoms with E-state index in [1.165, 1.54) is 12.1 Å². The van der Waals surface area contributed by atoms with Crippen LogP contribution >= 0.6 is 12.4 Å². The third kappa shape index (κ3) is 6.16. The van der Waals surface area contributed by atoms with Gasteiger partial charge in [0.1, 0.15) is 0 Å². The predicted octanol–water partition coefficient (Wildman–Crippen LogP) is 4.30. The summed E-state index contributed by atoms with van der Waals surface area (Å²) in [6.07, 6.45) is -1.05. The van der Waals surface area contributed by atoms with E-state index in [4.69, 9.17) is 0 Å². The first-order valence-corrected chi connectivity index (χ1v) is 9.00. The van der Waals surface area contributed by atoms with Gasteiger partial charge in [0.15, 0.2) is 0 Å². The van der Waals surface area contributed by atoms with E-state index in [1.54, 1.807) is 0 Å². The Kier molecular flexibility index (Phi) is 8.90. The number of carbonyl (C=O) groups excluding carboxylic acids is 1. The number of nitrogens with zero attached hydrogens (tertiary/aromatic N) is 1. The second-order valence-electron chi connectivity index (χ2n) is 6.81. The van der Waals surface area contributed by atoms with Crippen molar-refractivity contribution < 1.29 is 18.0 Å². The summed E-state index contributed by atoms with van der Waals surface area (Å²) in [7, 11) is 0. The standard InChI is InChI=1S/C19H27F3N2O.ClH/c1-3-12-24(17-8-10-23-11-9-17)18(25)14(2)13-15-4-6-16(7-5-15)19(20,21)22;/h4-7,14,17,23H,3,8-13H2,1-2H3;1H. The third-order valence-electron chi connectivity index (χ3n) is 4.74. The lowest BCUT2D eigenvalue weighted by Gasteiger charge is -2.36. The number of rotatable bonds is 6. The van der Waals surface area contributed by atoms with Crippen LogP contribution in [0.3, 0.4) is 0 Å². The van der Waals surface area contributed by atoms with Crippen LogP contribution < -0.4 is 5.32 Å². The van der Waals surface area contributed by atoms with E-state index in [1.807, 2.05) is 11.8 Å². The summed E-state index contributed by atoms with van der Waals surface area (Å²) >= 11 is 0. The van der Waals surface area contributed by atoms with Gasteiger partial charge in [-0.15, -0.1) is 12.4 Å². The van der Waals surface area contributed by atoms with Crippen molar-refractivity contribution in [2.75, 3.05) is 19.6 Å². The molecular weight excluding hydrogens is 365 g/mol. The molecule has 0 radical (unpaired) electrons. The van der Waals surface area contributed by atoms with Crippen molar-refractivity contribution >= 4 is 18.3 Å². The van der Waals surface area contributed by atoms with Crippen molar-refractivity contribution in [1.29, 1.82) is 0 Å². The molecule has 1 aliphatic heterocycles. The van der Waals surface area contributed by atoms with Crippen molar-refractivity contribution in [1.82, 2.24) is 10.2 Å². The van der Waals surface area contributed by atoms with E-state index in [0.717, 1.165) is 56.6 Å². The van der Waals surface area contributed by atoms with E-state index in [0.29, 0.717) is 6.42 Å². The van der Waals surface area contributed by atoms with Crippen LogP contribution in [0.25, 0.3) is 0 Å². The Morgan fingerprint density at radius 3 is 2.31 bits per heavy atom. The molecule has 1 N–H and O–H groups in total. The number of benzene rings is 1. The summed E-state index contributed by atoms with van der Waals surface area (Å²) in [6.45, 7) is 6.50. The number of piperidine rings is 1. The fourth-order valence-electron chi connectivity index (χ4n) is 3.39. The monoisotopic (exact) mass is 392 g/mol. The number of nitrogens with one attached hydrogen (secondary N) is 1. The maximum absolute atomic E-state index is 12.9. The van der Waals surface area contributed by atoms with Gasteiger partial charge in [-0.25, -0.2) is 0 Å². The number of amides is 1. The summed E-state index contributed by atoms with van der Waals surface area (Å²) in [6, 6.07) is 5.39. The SMILES string of the molecule is CCCN(C(=O)C(C)Cc1ccc(C(F)(F)F)cc1)C1CCNCC1.Cl. The van der Waals surface area contributed by atoms with E-state index in [-0.39, 0.29) is 30.3 Å². The Labute approximate surface area is 159 Å². The second-order valence-corrected chi connectivity index (χ2v) is 6.81. The van der Waals surface area contributed by atoms with Crippen LogP contribution in [0.2, 0.25) is 0 Å². The van der Waals surface area contributed by atoms with Crippen LogP contribution in [0, 0.1) is 5.92 Å². The molecule has 0 bridgehead atoms. The molecule has 2 rings (SSSR count). The van der Waals surface area contributed by atoms with Crippen LogP contribution in [0.1, 0.15) is 44.2 Å². The molecule has 0 spiro atoms. The van der Waals surface area contributed by atoms with Gasteiger partial charge in [-0.1, -0.05) is 26.0 Å². The summed E-state index contributed by atoms with van der Waals surface area (Å²) in [4.78, 5) is 14.9. The lowest BCUT2D eigenvalue weighted by atomic mass is 9.96. The zero-order valence-corrected chi connectivity index (χ0v) is 16.1. The highest BCUT2D eigenvalue weighted by Crippen LogP contribution is 2.29. The minimum Gasteiger partial charge on any atom is -0.339 e. The fraction of sp³-hybridized carbons (Fsp3) is 0.632. The largest absolute Gasteiger partial charge is 0.416 e. The van der Waals surface area contributed by atoms with Crippen LogP contribution in [0.15, 0.2) is 24.3 Å². The van der Waals surface area contributed by atoms with Crippen molar-refractivity contribution in [3.05, 3.63) is 35.4 Å². The van der Waals surface area contributed by atoms with E-state index < -0.39 is 11.7 Å². The van der Waals surface area contributed by atoms with Crippen LogP contribution in [0.5, 0.6) is 0 Å². The molecule has 0 aliphatic carbocycles. The first kappa shape index (κ1) is 22.8. The lowest BCUT2D eigenvalue weighted by molar-refractivity contribution is -0.138. The Hall–Kier alpha value is -1.27. The molecule has 0 saturated carbocycles. The molecule has 26 heavy (non-hydrogen) atoms. The van der Waals surface area contributed by atoms with Gasteiger partial charge in [-0.2, -0.15) is 13.2 Å². The summed E-state index contributed by atoms with van der Waals surface area (Å²) in [5, 5.41) is 3.31. The number of carbonyl (C=O) groups is 1. The van der Waals surface area contributed by atoms with E-state index in [2.05, 4.69) is 12.2 Å². The van der Waals surface area contributed by atoms with Gasteiger partial charge in [-0.05, 0) is 56.5 Å². The maximum Gasteiger partial charge on any atom is 0.416 e. The van der Waals surface area contributed by atoms with Gasteiger partial charge in [0.2, 0.25) is 5.91 Å². The highest BCUT2D eigenvalue weighted by Gasteiger charge is 2.31. The topological polar surface area (TPSA) is 32.3 Å². The average molecular weight is 393 g/mol. The average Bonchev–Trinajstić information content (AvgIpc) is 2.59. The van der Waals surface area contributed by atoms with Crippen LogP contribution in [0.4, 0.5) is 13.2 Å². The molecule has 148 valence electrons. The highest BCUT2D eigenvalue weighted by atomic mass is 35.5. The fourth-order valence-corrected chi connectivity index (χ4v) is 3.39. The summed E-state index contributed by atoms with van der Waals surface area (Å²) in [5.74, 6) is -0.133. The van der Waals surface area contributed by atoms with Gasteiger partial charge < -0.3 is 10.2 Å². The second kappa shape index (κ2) is 10.2. The van der Waals surface area contributed by atoms with Gasteiger partial charge in [-0.3, -0.25) is 4.79 Å². The molecule has 0 aromatic heterocycles. The number of halogens is 4. The van der Waals surface area contributed by atoms with Crippen molar-refractivity contribution in [2.24, 2.45) is 5.92 Å². The number of hydrogen-bond acceptors (Lipinski definition) is 2. The maximum atomic E-state index is 12.9. The molecule has 1 amide bonds. The molecule has 3 nitrogen and oxygen atoms in total. The Morgan fingerprint density at radius 2 is 1.81 bits per heavy atom. The first-order valence-electron chi connectivity index (χ1n) is 9.00. The molecule has 1 unspecified atom stereocenters. The molecule has 7 heteroatoms. The molecule has 1 aromatic rings. The van der Waals surface area contributed by atoms with Crippen molar-refractivity contribution in [3.63, 3.8) is 0 Å². The number of hydrogen-bond donors (Lipinski definition) is 1. The van der Waals surface area contributed by atoms with E-state index >= 15 is 0 Å². The van der Waals surface area contributed by atoms with Crippen LogP contribution in [-0.4, -0.2) is 36.5 Å². The minimum absolute atomic E-state index is 0. The molecule has 1 heterocycles. The lowest BCUT2D eigenvalue weighted by Crippen LogP contribution is -2.48.